The van der Waals surface area contributed by atoms with E-state index in [0.717, 1.165) is 11.3 Å². The minimum atomic E-state index is -0.0635. The van der Waals surface area contributed by atoms with Gasteiger partial charge in [-0.15, -0.1) is 0 Å². The molecule has 100 valence electrons. The predicted molar refractivity (Wildman–Crippen MR) is 68.0 cm³/mol. The van der Waals surface area contributed by atoms with Crippen LogP contribution in [-0.4, -0.2) is 28.9 Å². The number of carbonyl (C=O) groups excluding carboxylic acids is 1. The molecular weight excluding hydrogens is 230 g/mol. The Hall–Kier alpha value is -1.36. The number of hydrogen-bond donors (Lipinski definition) is 1. The normalized spacial score (nSPS) is 16.6. The lowest BCUT2D eigenvalue weighted by Gasteiger charge is -2.13. The van der Waals surface area contributed by atoms with Crippen molar-refractivity contribution in [1.29, 1.82) is 0 Å². The Labute approximate surface area is 108 Å². The zero-order valence-corrected chi connectivity index (χ0v) is 11.3. The van der Waals surface area contributed by atoms with E-state index in [9.17, 15) is 4.79 Å². The number of ether oxygens (including phenoxy) is 1. The zero-order valence-electron chi connectivity index (χ0n) is 11.3. The topological polar surface area (TPSA) is 56.1 Å². The first kappa shape index (κ1) is 13.1. The Morgan fingerprint density at radius 3 is 2.94 bits per heavy atom. The lowest BCUT2D eigenvalue weighted by molar-refractivity contribution is -0.126. The van der Waals surface area contributed by atoms with Crippen molar-refractivity contribution in [1.82, 2.24) is 15.1 Å². The summed E-state index contributed by atoms with van der Waals surface area (Å²) < 4.78 is 7.17. The molecule has 18 heavy (non-hydrogen) atoms. The van der Waals surface area contributed by atoms with E-state index in [1.165, 1.54) is 12.8 Å². The highest BCUT2D eigenvalue weighted by atomic mass is 16.5. The first-order valence-electron chi connectivity index (χ1n) is 6.43. The van der Waals surface area contributed by atoms with Crippen LogP contribution in [0, 0.1) is 12.8 Å². The molecule has 1 heterocycles. The van der Waals surface area contributed by atoms with Crippen LogP contribution in [0.5, 0.6) is 0 Å². The lowest BCUT2D eigenvalue weighted by atomic mass is 10.1. The smallest absolute Gasteiger partial charge is 0.246 e. The third kappa shape index (κ3) is 3.32. The second-order valence-electron chi connectivity index (χ2n) is 5.06. The molecule has 1 atom stereocenters. The van der Waals surface area contributed by atoms with Crippen LogP contribution in [-0.2, 0) is 16.6 Å². The summed E-state index contributed by atoms with van der Waals surface area (Å²) in [6.07, 6.45) is 4.28. The first-order chi connectivity index (χ1) is 8.58. The number of carbonyl (C=O) groups is 1. The van der Waals surface area contributed by atoms with Crippen molar-refractivity contribution in [3.8, 4) is 0 Å². The summed E-state index contributed by atoms with van der Waals surface area (Å²) in [5, 5.41) is 7.10. The van der Waals surface area contributed by atoms with Crippen molar-refractivity contribution in [3.05, 3.63) is 17.5 Å². The van der Waals surface area contributed by atoms with Crippen molar-refractivity contribution >= 4 is 5.91 Å². The summed E-state index contributed by atoms with van der Waals surface area (Å²) in [6.45, 7) is 4.82. The Morgan fingerprint density at radius 1 is 1.67 bits per heavy atom. The first-order valence-corrected chi connectivity index (χ1v) is 6.43. The van der Waals surface area contributed by atoms with Gasteiger partial charge in [0.25, 0.3) is 0 Å². The van der Waals surface area contributed by atoms with Gasteiger partial charge in [-0.2, -0.15) is 5.10 Å². The van der Waals surface area contributed by atoms with Gasteiger partial charge in [0.2, 0.25) is 5.91 Å². The third-order valence-corrected chi connectivity index (χ3v) is 3.40. The van der Waals surface area contributed by atoms with E-state index in [0.29, 0.717) is 12.5 Å². The largest absolute Gasteiger partial charge is 0.371 e. The summed E-state index contributed by atoms with van der Waals surface area (Å²) in [5.74, 6) is 0.627. The highest BCUT2D eigenvalue weighted by Crippen LogP contribution is 2.28. The van der Waals surface area contributed by atoms with Gasteiger partial charge in [0.1, 0.15) is 6.61 Å². The quantitative estimate of drug-likeness (QED) is 0.830. The van der Waals surface area contributed by atoms with Crippen LogP contribution in [0.3, 0.4) is 0 Å². The van der Waals surface area contributed by atoms with Crippen molar-refractivity contribution in [3.63, 3.8) is 0 Å². The van der Waals surface area contributed by atoms with Gasteiger partial charge in [0, 0.05) is 18.3 Å². The van der Waals surface area contributed by atoms with E-state index >= 15 is 0 Å². The Kier molecular flexibility index (Phi) is 4.01. The molecule has 1 saturated carbocycles. The lowest BCUT2D eigenvalue weighted by Crippen LogP contribution is -2.30. The molecule has 0 radical (unpaired) electrons. The van der Waals surface area contributed by atoms with Crippen molar-refractivity contribution in [2.45, 2.75) is 32.7 Å². The average Bonchev–Trinajstić information content (AvgIpc) is 3.07. The number of hydrogen-bond acceptors (Lipinski definition) is 3. The van der Waals surface area contributed by atoms with E-state index in [4.69, 9.17) is 4.74 Å². The van der Waals surface area contributed by atoms with E-state index < -0.39 is 0 Å². The molecule has 1 aromatic heterocycles. The molecule has 1 aromatic rings. The van der Waals surface area contributed by atoms with Gasteiger partial charge in [-0.3, -0.25) is 9.48 Å². The van der Waals surface area contributed by atoms with Crippen LogP contribution in [0.15, 0.2) is 6.20 Å². The maximum Gasteiger partial charge on any atom is 0.246 e. The number of nitrogens with one attached hydrogen (secondary N) is 1. The van der Waals surface area contributed by atoms with Gasteiger partial charge < -0.3 is 10.1 Å². The molecule has 2 rings (SSSR count). The summed E-state index contributed by atoms with van der Waals surface area (Å²) in [4.78, 5) is 11.7. The fraction of sp³-hybridized carbons (Fsp3) is 0.692. The molecule has 5 nitrogen and oxygen atoms in total. The minimum Gasteiger partial charge on any atom is -0.371 e. The van der Waals surface area contributed by atoms with Crippen LogP contribution < -0.4 is 5.32 Å². The molecule has 0 saturated heterocycles. The van der Waals surface area contributed by atoms with Crippen LogP contribution in [0.4, 0.5) is 0 Å². The molecule has 1 amide bonds. The van der Waals surface area contributed by atoms with E-state index in [-0.39, 0.29) is 18.6 Å². The molecule has 1 N–H and O–H groups in total. The molecule has 1 aliphatic carbocycles. The van der Waals surface area contributed by atoms with Gasteiger partial charge in [-0.1, -0.05) is 0 Å². The molecule has 0 spiro atoms. The fourth-order valence-corrected chi connectivity index (χ4v) is 1.90. The number of nitrogens with zero attached hydrogens (tertiary/aromatic N) is 2. The van der Waals surface area contributed by atoms with Gasteiger partial charge in [0.15, 0.2) is 0 Å². The molecule has 0 bridgehead atoms. The van der Waals surface area contributed by atoms with Gasteiger partial charge >= 0.3 is 0 Å². The predicted octanol–water partition coefficient (Wildman–Crippen LogP) is 1.33. The van der Waals surface area contributed by atoms with Crippen LogP contribution in [0.2, 0.25) is 0 Å². The second-order valence-corrected chi connectivity index (χ2v) is 5.06. The monoisotopic (exact) mass is 251 g/mol. The Balaban J connectivity index is 1.76. The van der Waals surface area contributed by atoms with Crippen molar-refractivity contribution < 1.29 is 9.53 Å². The maximum absolute atomic E-state index is 11.7. The van der Waals surface area contributed by atoms with E-state index in [1.54, 1.807) is 6.20 Å². The summed E-state index contributed by atoms with van der Waals surface area (Å²) in [7, 11) is 1.89. The third-order valence-electron chi connectivity index (χ3n) is 3.40. The summed E-state index contributed by atoms with van der Waals surface area (Å²) in [6, 6.07) is -0.0317. The maximum atomic E-state index is 11.7. The Morgan fingerprint density at radius 2 is 2.39 bits per heavy atom. The molecule has 0 unspecified atom stereocenters. The SMILES string of the molecule is Cc1c([C@@H](C)NC(=O)COCC2CC2)cnn1C. The molecule has 1 aliphatic rings. The van der Waals surface area contributed by atoms with Crippen LogP contribution in [0.1, 0.15) is 37.1 Å². The van der Waals surface area contributed by atoms with Crippen molar-refractivity contribution in [2.75, 3.05) is 13.2 Å². The zero-order chi connectivity index (χ0) is 13.1. The highest BCUT2D eigenvalue weighted by Gasteiger charge is 2.22. The van der Waals surface area contributed by atoms with Crippen molar-refractivity contribution in [2.24, 2.45) is 13.0 Å². The number of aromatic nitrogens is 2. The molecular formula is C13H21N3O2. The molecule has 0 aliphatic heterocycles. The van der Waals surface area contributed by atoms with Crippen LogP contribution >= 0.6 is 0 Å². The number of amides is 1. The van der Waals surface area contributed by atoms with Gasteiger partial charge in [-0.25, -0.2) is 0 Å². The fourth-order valence-electron chi connectivity index (χ4n) is 1.90. The number of rotatable bonds is 6. The summed E-state index contributed by atoms with van der Waals surface area (Å²) in [5.41, 5.74) is 2.12. The van der Waals surface area contributed by atoms with E-state index in [1.807, 2.05) is 25.6 Å². The minimum absolute atomic E-state index is 0.0317. The molecule has 5 heteroatoms. The van der Waals surface area contributed by atoms with Gasteiger partial charge in [0.05, 0.1) is 18.8 Å². The molecule has 1 fully saturated rings. The standard InChI is InChI=1S/C13H21N3O2/c1-9(12-6-14-16(3)10(12)2)15-13(17)8-18-7-11-4-5-11/h6,9,11H,4-5,7-8H2,1-3H3,(H,15,17)/t9-/m1/s1. The van der Waals surface area contributed by atoms with Gasteiger partial charge in [-0.05, 0) is 32.6 Å². The summed E-state index contributed by atoms with van der Waals surface area (Å²) >= 11 is 0. The van der Waals surface area contributed by atoms with Crippen LogP contribution in [0.25, 0.3) is 0 Å². The highest BCUT2D eigenvalue weighted by molar-refractivity contribution is 5.77. The Bertz CT molecular complexity index is 424. The van der Waals surface area contributed by atoms with E-state index in [2.05, 4.69) is 10.4 Å². The second kappa shape index (κ2) is 5.52. The molecule has 0 aromatic carbocycles. The number of aryl methyl sites for hydroxylation is 1. The average molecular weight is 251 g/mol.